The zero-order valence-electron chi connectivity index (χ0n) is 13.2. The molecule has 118 valence electrons. The minimum Gasteiger partial charge on any atom is -0.380 e. The van der Waals surface area contributed by atoms with Crippen LogP contribution in [0.4, 0.5) is 17.8 Å². The van der Waals surface area contributed by atoms with Crippen molar-refractivity contribution in [1.29, 1.82) is 0 Å². The fraction of sp³-hybridized carbons (Fsp3) is 0.786. The van der Waals surface area contributed by atoms with Gasteiger partial charge in [-0.15, -0.1) is 0 Å². The summed E-state index contributed by atoms with van der Waals surface area (Å²) in [7, 11) is 1.82. The number of hydrogen-bond donors (Lipinski definition) is 2. The number of rotatable bonds is 7. The summed E-state index contributed by atoms with van der Waals surface area (Å²) in [6.45, 7) is 7.42. The minimum atomic E-state index is 0.159. The van der Waals surface area contributed by atoms with Crippen molar-refractivity contribution in [2.24, 2.45) is 0 Å². The largest absolute Gasteiger partial charge is 0.380 e. The van der Waals surface area contributed by atoms with Crippen LogP contribution in [0.25, 0.3) is 0 Å². The highest BCUT2D eigenvalue weighted by Gasteiger charge is 2.16. The van der Waals surface area contributed by atoms with Crippen LogP contribution in [0.3, 0.4) is 0 Å². The van der Waals surface area contributed by atoms with E-state index in [0.29, 0.717) is 25.1 Å². The lowest BCUT2D eigenvalue weighted by Crippen LogP contribution is -2.32. The first-order valence-electron chi connectivity index (χ1n) is 7.76. The summed E-state index contributed by atoms with van der Waals surface area (Å²) in [5.74, 6) is 1.94. The molecule has 1 aromatic heterocycles. The SMILES string of the molecule is CCOCC(C)Nc1nc(NC)nc(N2CCCCC2)n1. The van der Waals surface area contributed by atoms with Gasteiger partial charge in [-0.05, 0) is 33.1 Å². The Morgan fingerprint density at radius 2 is 1.86 bits per heavy atom. The average Bonchev–Trinajstić information content (AvgIpc) is 2.53. The van der Waals surface area contributed by atoms with Gasteiger partial charge in [0.1, 0.15) is 0 Å². The van der Waals surface area contributed by atoms with Gasteiger partial charge in [-0.2, -0.15) is 15.0 Å². The predicted octanol–water partition coefficient (Wildman–Crippen LogP) is 1.74. The predicted molar refractivity (Wildman–Crippen MR) is 85.0 cm³/mol. The Bertz CT molecular complexity index is 435. The maximum absolute atomic E-state index is 5.41. The first-order valence-corrected chi connectivity index (χ1v) is 7.76. The summed E-state index contributed by atoms with van der Waals surface area (Å²) in [6, 6.07) is 0.159. The van der Waals surface area contributed by atoms with Gasteiger partial charge in [0, 0.05) is 32.8 Å². The van der Waals surface area contributed by atoms with E-state index in [-0.39, 0.29) is 6.04 Å². The molecule has 0 radical (unpaired) electrons. The molecule has 21 heavy (non-hydrogen) atoms. The van der Waals surface area contributed by atoms with Crippen molar-refractivity contribution in [3.05, 3.63) is 0 Å². The summed E-state index contributed by atoms with van der Waals surface area (Å²) >= 11 is 0. The summed E-state index contributed by atoms with van der Waals surface area (Å²) in [5.41, 5.74) is 0. The zero-order chi connectivity index (χ0) is 15.1. The monoisotopic (exact) mass is 294 g/mol. The minimum absolute atomic E-state index is 0.159. The van der Waals surface area contributed by atoms with E-state index >= 15 is 0 Å². The van der Waals surface area contributed by atoms with Crippen LogP contribution in [0.1, 0.15) is 33.1 Å². The molecule has 1 saturated heterocycles. The van der Waals surface area contributed by atoms with Crippen molar-refractivity contribution in [3.63, 3.8) is 0 Å². The molecule has 0 bridgehead atoms. The van der Waals surface area contributed by atoms with Crippen molar-refractivity contribution in [1.82, 2.24) is 15.0 Å². The Hall–Kier alpha value is -1.63. The third kappa shape index (κ3) is 4.70. The van der Waals surface area contributed by atoms with E-state index in [1.54, 1.807) is 0 Å². The van der Waals surface area contributed by atoms with Crippen molar-refractivity contribution < 1.29 is 4.74 Å². The molecule has 1 fully saturated rings. The first kappa shape index (κ1) is 15.8. The fourth-order valence-corrected chi connectivity index (χ4v) is 2.33. The van der Waals surface area contributed by atoms with E-state index in [2.05, 4.69) is 37.4 Å². The van der Waals surface area contributed by atoms with Crippen LogP contribution in [-0.4, -0.2) is 54.3 Å². The van der Waals surface area contributed by atoms with Gasteiger partial charge in [0.15, 0.2) is 0 Å². The second kappa shape index (κ2) is 7.97. The second-order valence-electron chi connectivity index (χ2n) is 5.29. The number of nitrogens with zero attached hydrogens (tertiary/aromatic N) is 4. The maximum atomic E-state index is 5.41. The van der Waals surface area contributed by atoms with Gasteiger partial charge in [-0.25, -0.2) is 0 Å². The molecule has 1 unspecified atom stereocenters. The fourth-order valence-electron chi connectivity index (χ4n) is 2.33. The van der Waals surface area contributed by atoms with Gasteiger partial charge >= 0.3 is 0 Å². The zero-order valence-corrected chi connectivity index (χ0v) is 13.2. The van der Waals surface area contributed by atoms with Gasteiger partial charge in [0.05, 0.1) is 6.61 Å². The van der Waals surface area contributed by atoms with Crippen LogP contribution < -0.4 is 15.5 Å². The van der Waals surface area contributed by atoms with E-state index in [1.165, 1.54) is 19.3 Å². The topological polar surface area (TPSA) is 75.2 Å². The van der Waals surface area contributed by atoms with E-state index in [0.717, 1.165) is 19.0 Å². The summed E-state index contributed by atoms with van der Waals surface area (Å²) in [6.07, 6.45) is 3.69. The molecule has 0 saturated carbocycles. The van der Waals surface area contributed by atoms with Crippen LogP contribution >= 0.6 is 0 Å². The Morgan fingerprint density at radius 3 is 2.52 bits per heavy atom. The van der Waals surface area contributed by atoms with E-state index < -0.39 is 0 Å². The summed E-state index contributed by atoms with van der Waals surface area (Å²) in [5, 5.41) is 6.28. The lowest BCUT2D eigenvalue weighted by atomic mass is 10.1. The van der Waals surface area contributed by atoms with E-state index in [1.807, 2.05) is 14.0 Å². The molecule has 7 heteroatoms. The molecule has 1 aliphatic heterocycles. The van der Waals surface area contributed by atoms with Crippen molar-refractivity contribution >= 4 is 17.8 Å². The molecule has 0 aliphatic carbocycles. The Balaban J connectivity index is 2.09. The van der Waals surface area contributed by atoms with Gasteiger partial charge in [-0.1, -0.05) is 0 Å². The molecule has 2 N–H and O–H groups in total. The van der Waals surface area contributed by atoms with Crippen LogP contribution in [-0.2, 0) is 4.74 Å². The lowest BCUT2D eigenvalue weighted by molar-refractivity contribution is 0.141. The quantitative estimate of drug-likeness (QED) is 0.793. The molecule has 0 aromatic carbocycles. The summed E-state index contributed by atoms with van der Waals surface area (Å²) in [4.78, 5) is 15.6. The number of ether oxygens (including phenoxy) is 1. The molecule has 7 nitrogen and oxygen atoms in total. The normalized spacial score (nSPS) is 16.6. The first-order chi connectivity index (χ1) is 10.2. The van der Waals surface area contributed by atoms with Gasteiger partial charge < -0.3 is 20.3 Å². The number of nitrogens with one attached hydrogen (secondary N) is 2. The van der Waals surface area contributed by atoms with Crippen LogP contribution in [0, 0.1) is 0 Å². The van der Waals surface area contributed by atoms with E-state index in [9.17, 15) is 0 Å². The number of hydrogen-bond acceptors (Lipinski definition) is 7. The molecule has 1 aliphatic rings. The molecule has 1 aromatic rings. The lowest BCUT2D eigenvalue weighted by Gasteiger charge is -2.27. The molecular formula is C14H26N6O. The third-order valence-corrected chi connectivity index (χ3v) is 3.43. The van der Waals surface area contributed by atoms with Crippen LogP contribution in [0.5, 0.6) is 0 Å². The van der Waals surface area contributed by atoms with E-state index in [4.69, 9.17) is 4.74 Å². The molecule has 2 rings (SSSR count). The van der Waals surface area contributed by atoms with Gasteiger partial charge in [0.2, 0.25) is 17.8 Å². The molecule has 2 heterocycles. The third-order valence-electron chi connectivity index (χ3n) is 3.43. The number of aromatic nitrogens is 3. The second-order valence-corrected chi connectivity index (χ2v) is 5.29. The summed E-state index contributed by atoms with van der Waals surface area (Å²) < 4.78 is 5.41. The standard InChI is InChI=1S/C14H26N6O/c1-4-21-10-11(2)16-13-17-12(15-3)18-14(19-13)20-8-6-5-7-9-20/h11H,4-10H2,1-3H3,(H2,15,16,17,18,19). The Kier molecular flexibility index (Phi) is 5.98. The van der Waals surface area contributed by atoms with Crippen LogP contribution in [0.2, 0.25) is 0 Å². The van der Waals surface area contributed by atoms with Crippen LogP contribution in [0.15, 0.2) is 0 Å². The average molecular weight is 294 g/mol. The highest BCUT2D eigenvalue weighted by atomic mass is 16.5. The highest BCUT2D eigenvalue weighted by molar-refractivity contribution is 5.44. The maximum Gasteiger partial charge on any atom is 0.231 e. The smallest absolute Gasteiger partial charge is 0.231 e. The van der Waals surface area contributed by atoms with Gasteiger partial charge in [-0.3, -0.25) is 0 Å². The number of anilines is 3. The Labute approximate surface area is 126 Å². The van der Waals surface area contributed by atoms with Crippen molar-refractivity contribution in [2.45, 2.75) is 39.2 Å². The molecule has 1 atom stereocenters. The number of piperidine rings is 1. The van der Waals surface area contributed by atoms with Crippen molar-refractivity contribution in [3.8, 4) is 0 Å². The Morgan fingerprint density at radius 1 is 1.14 bits per heavy atom. The molecular weight excluding hydrogens is 268 g/mol. The highest BCUT2D eigenvalue weighted by Crippen LogP contribution is 2.18. The molecule has 0 amide bonds. The van der Waals surface area contributed by atoms with Gasteiger partial charge in [0.25, 0.3) is 0 Å². The molecule has 0 spiro atoms. The van der Waals surface area contributed by atoms with Crippen molar-refractivity contribution in [2.75, 3.05) is 48.9 Å².